The van der Waals surface area contributed by atoms with Crippen LogP contribution in [0.2, 0.25) is 0 Å². The van der Waals surface area contributed by atoms with E-state index in [1.807, 2.05) is 13.8 Å². The molecule has 1 unspecified atom stereocenters. The van der Waals surface area contributed by atoms with Crippen molar-refractivity contribution >= 4 is 0 Å². The average molecular weight is 372 g/mol. The maximum absolute atomic E-state index is 3.51. The minimum atomic E-state index is 0.169. The first-order chi connectivity index (χ1) is 13.1. The molecule has 5 nitrogen and oxygen atoms in total. The van der Waals surface area contributed by atoms with Gasteiger partial charge in [-0.1, -0.05) is 26.8 Å². The van der Waals surface area contributed by atoms with Gasteiger partial charge in [0.15, 0.2) is 0 Å². The number of dihydropyridines is 1. The van der Waals surface area contributed by atoms with Crippen LogP contribution in [-0.4, -0.2) is 68.2 Å². The van der Waals surface area contributed by atoms with Crippen molar-refractivity contribution in [3.8, 4) is 0 Å². The van der Waals surface area contributed by atoms with Gasteiger partial charge >= 0.3 is 0 Å². The molecule has 1 atom stereocenters. The van der Waals surface area contributed by atoms with Gasteiger partial charge in [0.2, 0.25) is 0 Å². The Kier molecular flexibility index (Phi) is 8.04. The standard InChI is InChI=1S/C20H31N5.C2H6/c1-5-6-16(8-10-23(2)3)17-15-22-20-19(17)18(7-9-21-20)25-13-11-24(4)12-14-25;1-2/h6-10,15,20-22H,5,11-14H2,1-4H3;1-2H3/b10-8+,16-6-;. The summed E-state index contributed by atoms with van der Waals surface area (Å²) in [5, 5.41) is 6.96. The molecule has 3 aliphatic heterocycles. The molecule has 0 aromatic heterocycles. The summed E-state index contributed by atoms with van der Waals surface area (Å²) in [6.07, 6.45) is 14.3. The molecule has 0 aromatic carbocycles. The van der Waals surface area contributed by atoms with E-state index in [2.05, 4.69) is 90.2 Å². The zero-order valence-electron chi connectivity index (χ0n) is 17.9. The smallest absolute Gasteiger partial charge is 0.125 e. The Balaban J connectivity index is 0.00000126. The highest BCUT2D eigenvalue weighted by Crippen LogP contribution is 2.33. The Bertz CT molecular complexity index is 631. The number of nitrogens with one attached hydrogen (secondary N) is 2. The maximum Gasteiger partial charge on any atom is 0.125 e. The summed E-state index contributed by atoms with van der Waals surface area (Å²) < 4.78 is 0. The molecule has 3 aliphatic rings. The molecule has 0 spiro atoms. The summed E-state index contributed by atoms with van der Waals surface area (Å²) in [5.41, 5.74) is 5.31. The molecule has 1 fully saturated rings. The number of allylic oxidation sites excluding steroid dienone is 4. The molecule has 0 aliphatic carbocycles. The van der Waals surface area contributed by atoms with Crippen molar-refractivity contribution < 1.29 is 0 Å². The Hall–Kier alpha value is -2.14. The molecule has 1 saturated heterocycles. The second kappa shape index (κ2) is 10.3. The molecule has 2 N–H and O–H groups in total. The lowest BCUT2D eigenvalue weighted by Gasteiger charge is -2.37. The van der Waals surface area contributed by atoms with Crippen molar-refractivity contribution in [2.24, 2.45) is 0 Å². The quantitative estimate of drug-likeness (QED) is 0.727. The van der Waals surface area contributed by atoms with Crippen LogP contribution in [-0.2, 0) is 0 Å². The van der Waals surface area contributed by atoms with E-state index in [4.69, 9.17) is 0 Å². The lowest BCUT2D eigenvalue weighted by atomic mass is 9.94. The fourth-order valence-electron chi connectivity index (χ4n) is 3.49. The third-order valence-electron chi connectivity index (χ3n) is 4.88. The van der Waals surface area contributed by atoms with Gasteiger partial charge in [-0.3, -0.25) is 0 Å². The summed E-state index contributed by atoms with van der Waals surface area (Å²) >= 11 is 0. The lowest BCUT2D eigenvalue weighted by molar-refractivity contribution is 0.188. The third kappa shape index (κ3) is 5.19. The molecule has 0 amide bonds. The predicted octanol–water partition coefficient (Wildman–Crippen LogP) is 2.86. The van der Waals surface area contributed by atoms with E-state index in [1.54, 1.807) is 0 Å². The van der Waals surface area contributed by atoms with Crippen LogP contribution in [0, 0.1) is 0 Å². The topological polar surface area (TPSA) is 33.8 Å². The van der Waals surface area contributed by atoms with E-state index in [0.29, 0.717) is 0 Å². The highest BCUT2D eigenvalue weighted by atomic mass is 15.3. The van der Waals surface area contributed by atoms with E-state index in [-0.39, 0.29) is 6.17 Å². The van der Waals surface area contributed by atoms with Gasteiger partial charge in [-0.25, -0.2) is 0 Å². The highest BCUT2D eigenvalue weighted by Gasteiger charge is 2.31. The van der Waals surface area contributed by atoms with Gasteiger partial charge in [-0.05, 0) is 37.4 Å². The minimum absolute atomic E-state index is 0.169. The fraction of sp³-hybridized carbons (Fsp3) is 0.545. The number of likely N-dealkylation sites (N-methyl/N-ethyl adjacent to an activating group) is 1. The van der Waals surface area contributed by atoms with Crippen LogP contribution in [0.1, 0.15) is 27.2 Å². The number of hydrogen-bond donors (Lipinski definition) is 2. The number of fused-ring (bicyclic) bond motifs is 1. The van der Waals surface area contributed by atoms with E-state index in [9.17, 15) is 0 Å². The Morgan fingerprint density at radius 2 is 1.89 bits per heavy atom. The largest absolute Gasteiger partial charge is 0.383 e. The zero-order valence-corrected chi connectivity index (χ0v) is 17.9. The Morgan fingerprint density at radius 1 is 1.19 bits per heavy atom. The molecule has 0 radical (unpaired) electrons. The van der Waals surface area contributed by atoms with E-state index in [0.717, 1.165) is 32.6 Å². The number of rotatable bonds is 5. The molecule has 0 saturated carbocycles. The van der Waals surface area contributed by atoms with Crippen LogP contribution in [0.3, 0.4) is 0 Å². The first kappa shape index (κ1) is 21.2. The summed E-state index contributed by atoms with van der Waals surface area (Å²) in [6.45, 7) is 10.6. The molecule has 3 heterocycles. The monoisotopic (exact) mass is 371 g/mol. The predicted molar refractivity (Wildman–Crippen MR) is 116 cm³/mol. The second-order valence-electron chi connectivity index (χ2n) is 7.09. The van der Waals surface area contributed by atoms with Gasteiger partial charge in [0.1, 0.15) is 6.17 Å². The van der Waals surface area contributed by atoms with Gasteiger partial charge in [0.05, 0.1) is 0 Å². The van der Waals surface area contributed by atoms with E-state index < -0.39 is 0 Å². The third-order valence-corrected chi connectivity index (χ3v) is 4.88. The SMILES string of the molecule is CC.CC/C=C(/C=C/N(C)C)C1=CNC2NC=CC(N3CCN(C)CC3)=C12. The van der Waals surface area contributed by atoms with Gasteiger partial charge in [-0.2, -0.15) is 0 Å². The van der Waals surface area contributed by atoms with Gasteiger partial charge in [0, 0.05) is 69.5 Å². The summed E-state index contributed by atoms with van der Waals surface area (Å²) in [7, 11) is 6.32. The Morgan fingerprint density at radius 3 is 2.52 bits per heavy atom. The van der Waals surface area contributed by atoms with Gasteiger partial charge < -0.3 is 25.3 Å². The number of hydrogen-bond acceptors (Lipinski definition) is 5. The molecule has 3 rings (SSSR count). The molecule has 150 valence electrons. The molecule has 27 heavy (non-hydrogen) atoms. The zero-order chi connectivity index (χ0) is 19.8. The van der Waals surface area contributed by atoms with Crippen LogP contribution in [0.5, 0.6) is 0 Å². The molecule has 5 heteroatoms. The van der Waals surface area contributed by atoms with Crippen molar-refractivity contribution in [2.45, 2.75) is 33.4 Å². The van der Waals surface area contributed by atoms with E-state index >= 15 is 0 Å². The van der Waals surface area contributed by atoms with Crippen molar-refractivity contribution in [2.75, 3.05) is 47.3 Å². The lowest BCUT2D eigenvalue weighted by Crippen LogP contribution is -2.46. The summed E-state index contributed by atoms with van der Waals surface area (Å²) in [6, 6.07) is 0. The first-order valence-corrected chi connectivity index (χ1v) is 10.2. The second-order valence-corrected chi connectivity index (χ2v) is 7.09. The summed E-state index contributed by atoms with van der Waals surface area (Å²) in [5.74, 6) is 0. The van der Waals surface area contributed by atoms with Gasteiger partial charge in [-0.15, -0.1) is 0 Å². The van der Waals surface area contributed by atoms with Crippen LogP contribution >= 0.6 is 0 Å². The van der Waals surface area contributed by atoms with Crippen LogP contribution in [0.4, 0.5) is 0 Å². The van der Waals surface area contributed by atoms with Crippen molar-refractivity contribution in [3.63, 3.8) is 0 Å². The number of nitrogens with zero attached hydrogens (tertiary/aromatic N) is 3. The van der Waals surface area contributed by atoms with Crippen molar-refractivity contribution in [3.05, 3.63) is 59.2 Å². The van der Waals surface area contributed by atoms with Crippen LogP contribution in [0.15, 0.2) is 59.2 Å². The number of piperazine rings is 1. The maximum atomic E-state index is 3.51. The molecular formula is C22H37N5. The van der Waals surface area contributed by atoms with Crippen molar-refractivity contribution in [1.82, 2.24) is 25.3 Å². The van der Waals surface area contributed by atoms with Crippen LogP contribution < -0.4 is 10.6 Å². The first-order valence-electron chi connectivity index (χ1n) is 10.2. The normalized spacial score (nSPS) is 22.7. The molecule has 0 aromatic rings. The average Bonchev–Trinajstić information content (AvgIpc) is 3.11. The van der Waals surface area contributed by atoms with Crippen molar-refractivity contribution in [1.29, 1.82) is 0 Å². The Labute approximate surface area is 165 Å². The van der Waals surface area contributed by atoms with E-state index in [1.165, 1.54) is 22.4 Å². The fourth-order valence-corrected chi connectivity index (χ4v) is 3.49. The molecular weight excluding hydrogens is 334 g/mol. The molecule has 0 bridgehead atoms. The highest BCUT2D eigenvalue weighted by molar-refractivity contribution is 5.60. The van der Waals surface area contributed by atoms with Gasteiger partial charge in [0.25, 0.3) is 0 Å². The van der Waals surface area contributed by atoms with Crippen LogP contribution in [0.25, 0.3) is 0 Å². The summed E-state index contributed by atoms with van der Waals surface area (Å²) in [4.78, 5) is 7.01. The minimum Gasteiger partial charge on any atom is -0.383 e.